The number of nitrogens with one attached hydrogen (secondary N) is 4. The van der Waals surface area contributed by atoms with Crippen molar-refractivity contribution in [1.82, 2.24) is 20.3 Å². The molecule has 0 saturated carbocycles. The van der Waals surface area contributed by atoms with Gasteiger partial charge in [0.2, 0.25) is 0 Å². The summed E-state index contributed by atoms with van der Waals surface area (Å²) in [4.78, 5) is 39.2. The Bertz CT molecular complexity index is 1360. The van der Waals surface area contributed by atoms with Crippen LogP contribution in [0.4, 0.5) is 22.2 Å². The molecule has 0 saturated heterocycles. The molecule has 11 heteroatoms. The standard InChI is InChI=1S/C32H43N7O4/c1-5-25-28(34-18-10-14-24-16-15-23-13-9-17-33-27(23)38-24)36-21-37-29(25)35-19-26(30(40)43-32(2,3)4)39-31(41)42-20-22-11-7-6-8-12-22/h6-8,11-12,15-16,21,26H,5,9-10,13-14,17-20H2,1-4H3,(H,33,38)(H,39,41)(H2,34,35,36,37). The Morgan fingerprint density at radius 3 is 2.56 bits per heavy atom. The Morgan fingerprint density at radius 2 is 1.81 bits per heavy atom. The number of ether oxygens (including phenoxy) is 2. The lowest BCUT2D eigenvalue weighted by molar-refractivity contribution is -0.156. The summed E-state index contributed by atoms with van der Waals surface area (Å²) in [6.07, 6.45) is 5.38. The second-order valence-corrected chi connectivity index (χ2v) is 11.4. The molecule has 11 nitrogen and oxygen atoms in total. The molecule has 0 aliphatic carbocycles. The average molecular weight is 590 g/mol. The van der Waals surface area contributed by atoms with Crippen molar-refractivity contribution in [2.24, 2.45) is 0 Å². The maximum absolute atomic E-state index is 13.0. The van der Waals surface area contributed by atoms with Crippen LogP contribution >= 0.6 is 0 Å². The Labute approximate surface area is 253 Å². The Hall–Kier alpha value is -4.41. The van der Waals surface area contributed by atoms with E-state index in [0.29, 0.717) is 18.8 Å². The number of carbonyl (C=O) groups is 2. The number of rotatable bonds is 13. The average Bonchev–Trinajstić information content (AvgIpc) is 2.99. The summed E-state index contributed by atoms with van der Waals surface area (Å²) in [5, 5.41) is 12.7. The van der Waals surface area contributed by atoms with Gasteiger partial charge >= 0.3 is 12.1 Å². The molecule has 0 bridgehead atoms. The van der Waals surface area contributed by atoms with E-state index >= 15 is 0 Å². The monoisotopic (exact) mass is 589 g/mol. The molecule has 0 fully saturated rings. The third-order valence-corrected chi connectivity index (χ3v) is 6.82. The highest BCUT2D eigenvalue weighted by atomic mass is 16.6. The SMILES string of the molecule is CCc1c(NCCCc2ccc3c(n2)NCCC3)ncnc1NCC(NC(=O)OCc1ccccc1)C(=O)OC(C)(C)C. The van der Waals surface area contributed by atoms with Crippen LogP contribution in [0.3, 0.4) is 0 Å². The lowest BCUT2D eigenvalue weighted by atomic mass is 10.1. The largest absolute Gasteiger partial charge is 0.458 e. The first-order valence-electron chi connectivity index (χ1n) is 15.0. The summed E-state index contributed by atoms with van der Waals surface area (Å²) < 4.78 is 10.9. The van der Waals surface area contributed by atoms with Crippen molar-refractivity contribution in [3.05, 3.63) is 71.2 Å². The van der Waals surface area contributed by atoms with E-state index in [1.54, 1.807) is 20.8 Å². The zero-order chi connectivity index (χ0) is 30.7. The Morgan fingerprint density at radius 1 is 1.05 bits per heavy atom. The van der Waals surface area contributed by atoms with Crippen molar-refractivity contribution < 1.29 is 19.1 Å². The molecule has 1 atom stereocenters. The van der Waals surface area contributed by atoms with Gasteiger partial charge in [-0.25, -0.2) is 24.5 Å². The molecule has 43 heavy (non-hydrogen) atoms. The van der Waals surface area contributed by atoms with Crippen LogP contribution in [-0.4, -0.2) is 58.3 Å². The fourth-order valence-electron chi connectivity index (χ4n) is 4.71. The van der Waals surface area contributed by atoms with Crippen LogP contribution in [0.1, 0.15) is 62.9 Å². The highest BCUT2D eigenvalue weighted by Gasteiger charge is 2.28. The molecule has 1 aliphatic rings. The number of fused-ring (bicyclic) bond motifs is 1. The quantitative estimate of drug-likeness (QED) is 0.161. The highest BCUT2D eigenvalue weighted by molar-refractivity contribution is 5.82. The molecular weight excluding hydrogens is 546 g/mol. The predicted octanol–water partition coefficient (Wildman–Crippen LogP) is 4.89. The van der Waals surface area contributed by atoms with E-state index in [1.807, 2.05) is 37.3 Å². The van der Waals surface area contributed by atoms with Crippen molar-refractivity contribution in [3.8, 4) is 0 Å². The molecule has 3 aromatic rings. The van der Waals surface area contributed by atoms with Crippen LogP contribution in [0.15, 0.2) is 48.8 Å². The van der Waals surface area contributed by atoms with Gasteiger partial charge in [-0.15, -0.1) is 0 Å². The van der Waals surface area contributed by atoms with E-state index in [9.17, 15) is 9.59 Å². The van der Waals surface area contributed by atoms with E-state index in [0.717, 1.165) is 60.7 Å². The number of nitrogens with zero attached hydrogens (tertiary/aromatic N) is 3. The molecule has 1 amide bonds. The number of amides is 1. The number of benzene rings is 1. The summed E-state index contributed by atoms with van der Waals surface area (Å²) in [6.45, 7) is 9.17. The number of pyridine rings is 1. The Kier molecular flexibility index (Phi) is 11.1. The summed E-state index contributed by atoms with van der Waals surface area (Å²) in [5.74, 6) is 1.74. The minimum Gasteiger partial charge on any atom is -0.458 e. The van der Waals surface area contributed by atoms with Crippen molar-refractivity contribution in [2.75, 3.05) is 35.6 Å². The first-order chi connectivity index (χ1) is 20.7. The highest BCUT2D eigenvalue weighted by Crippen LogP contribution is 2.22. The number of alkyl carbamates (subject to hydrolysis) is 1. The van der Waals surface area contributed by atoms with Crippen molar-refractivity contribution in [2.45, 2.75) is 78.0 Å². The Balaban J connectivity index is 1.34. The van der Waals surface area contributed by atoms with Crippen molar-refractivity contribution >= 4 is 29.5 Å². The number of carbonyl (C=O) groups excluding carboxylic acids is 2. The minimum atomic E-state index is -1.00. The normalized spacial score (nSPS) is 13.2. The molecule has 230 valence electrons. The molecule has 1 aliphatic heterocycles. The lowest BCUT2D eigenvalue weighted by Crippen LogP contribution is -2.48. The van der Waals surface area contributed by atoms with Gasteiger partial charge in [-0.3, -0.25) is 0 Å². The fourth-order valence-corrected chi connectivity index (χ4v) is 4.71. The van der Waals surface area contributed by atoms with Gasteiger partial charge in [0.05, 0.1) is 0 Å². The first kappa shape index (κ1) is 31.5. The second kappa shape index (κ2) is 15.2. The van der Waals surface area contributed by atoms with Crippen molar-refractivity contribution in [3.63, 3.8) is 0 Å². The second-order valence-electron chi connectivity index (χ2n) is 11.4. The molecule has 4 N–H and O–H groups in total. The predicted molar refractivity (Wildman–Crippen MR) is 167 cm³/mol. The van der Waals surface area contributed by atoms with Gasteiger partial charge < -0.3 is 30.7 Å². The molecular formula is C32H43N7O4. The number of aromatic nitrogens is 3. The first-order valence-corrected chi connectivity index (χ1v) is 15.0. The van der Waals surface area contributed by atoms with E-state index in [-0.39, 0.29) is 13.2 Å². The zero-order valence-electron chi connectivity index (χ0n) is 25.5. The minimum absolute atomic E-state index is 0.0524. The number of esters is 1. The van der Waals surface area contributed by atoms with Crippen LogP contribution in [0, 0.1) is 0 Å². The topological polar surface area (TPSA) is 139 Å². The van der Waals surface area contributed by atoms with E-state index in [4.69, 9.17) is 14.5 Å². The van der Waals surface area contributed by atoms with Gasteiger partial charge in [-0.2, -0.15) is 0 Å². The van der Waals surface area contributed by atoms with Gasteiger partial charge in [0.25, 0.3) is 0 Å². The summed E-state index contributed by atoms with van der Waals surface area (Å²) in [5.41, 5.74) is 3.35. The van der Waals surface area contributed by atoms with Gasteiger partial charge in [0.1, 0.15) is 42.0 Å². The van der Waals surface area contributed by atoms with Crippen LogP contribution < -0.4 is 21.3 Å². The molecule has 0 spiro atoms. The fraction of sp³-hybridized carbons (Fsp3) is 0.469. The van der Waals surface area contributed by atoms with Gasteiger partial charge in [0, 0.05) is 30.9 Å². The smallest absolute Gasteiger partial charge is 0.408 e. The van der Waals surface area contributed by atoms with Gasteiger partial charge in [0.15, 0.2) is 0 Å². The molecule has 3 heterocycles. The summed E-state index contributed by atoms with van der Waals surface area (Å²) in [7, 11) is 0. The summed E-state index contributed by atoms with van der Waals surface area (Å²) in [6, 6.07) is 12.6. The van der Waals surface area contributed by atoms with Crippen LogP contribution in [0.2, 0.25) is 0 Å². The molecule has 2 aromatic heterocycles. The lowest BCUT2D eigenvalue weighted by Gasteiger charge is -2.25. The van der Waals surface area contributed by atoms with Crippen LogP contribution in [-0.2, 0) is 40.1 Å². The molecule has 1 aromatic carbocycles. The molecule has 1 unspecified atom stereocenters. The van der Waals surface area contributed by atoms with Crippen LogP contribution in [0.25, 0.3) is 0 Å². The number of hydrogen-bond donors (Lipinski definition) is 4. The summed E-state index contributed by atoms with van der Waals surface area (Å²) >= 11 is 0. The van der Waals surface area contributed by atoms with Gasteiger partial charge in [-0.05, 0) is 70.1 Å². The van der Waals surface area contributed by atoms with Crippen LogP contribution in [0.5, 0.6) is 0 Å². The van der Waals surface area contributed by atoms with E-state index in [2.05, 4.69) is 43.4 Å². The molecule has 0 radical (unpaired) electrons. The molecule has 4 rings (SSSR count). The van der Waals surface area contributed by atoms with Crippen molar-refractivity contribution in [1.29, 1.82) is 0 Å². The zero-order valence-corrected chi connectivity index (χ0v) is 25.5. The third-order valence-electron chi connectivity index (χ3n) is 6.82. The van der Waals surface area contributed by atoms with E-state index < -0.39 is 23.7 Å². The van der Waals surface area contributed by atoms with Gasteiger partial charge in [-0.1, -0.05) is 43.3 Å². The number of aryl methyl sites for hydroxylation is 2. The number of anilines is 3. The maximum atomic E-state index is 13.0. The maximum Gasteiger partial charge on any atom is 0.408 e. The number of hydrogen-bond acceptors (Lipinski definition) is 10. The van der Waals surface area contributed by atoms with E-state index in [1.165, 1.54) is 11.9 Å². The third kappa shape index (κ3) is 9.83.